The largest absolute Gasteiger partial charge is 0.455 e. The number of carbonyl (C=O) groups excluding carboxylic acids is 1. The van der Waals surface area contributed by atoms with Gasteiger partial charge in [-0.3, -0.25) is 0 Å². The van der Waals surface area contributed by atoms with Gasteiger partial charge in [-0.1, -0.05) is 24.6 Å². The van der Waals surface area contributed by atoms with Crippen LogP contribution in [0.15, 0.2) is 34.7 Å². The quantitative estimate of drug-likeness (QED) is 0.802. The Hall–Kier alpha value is -2.17. The number of esters is 1. The molecule has 0 radical (unpaired) electrons. The summed E-state index contributed by atoms with van der Waals surface area (Å²) in [7, 11) is 0. The molecule has 0 saturated heterocycles. The zero-order valence-electron chi connectivity index (χ0n) is 11.1. The highest BCUT2D eigenvalue weighted by atomic mass is 16.6. The summed E-state index contributed by atoms with van der Waals surface area (Å²) in [4.78, 5) is 11.9. The maximum atomic E-state index is 11.9. The van der Waals surface area contributed by atoms with Crippen molar-refractivity contribution in [3.63, 3.8) is 0 Å². The number of carbonyl (C=O) groups is 1. The van der Waals surface area contributed by atoms with Gasteiger partial charge in [-0.15, -0.1) is 10.2 Å². The standard InChI is InChI=1S/C15H16N2O3/c18-15(19-12-9-5-2-6-10-12)14-17-16-13(20-14)11-7-3-1-4-8-11/h1,3-4,7-8,12H,2,5-6,9-10H2. The molecule has 104 valence electrons. The minimum atomic E-state index is -0.522. The number of hydrogen-bond acceptors (Lipinski definition) is 5. The minimum absolute atomic E-state index is 0.0108. The first kappa shape index (κ1) is 12.8. The van der Waals surface area contributed by atoms with Crippen LogP contribution >= 0.6 is 0 Å². The fourth-order valence-electron chi connectivity index (χ4n) is 2.39. The van der Waals surface area contributed by atoms with Crippen molar-refractivity contribution in [3.8, 4) is 11.5 Å². The summed E-state index contributed by atoms with van der Waals surface area (Å²) in [5, 5.41) is 7.65. The van der Waals surface area contributed by atoms with Crippen LogP contribution in [0.4, 0.5) is 0 Å². The first-order valence-electron chi connectivity index (χ1n) is 6.93. The summed E-state index contributed by atoms with van der Waals surface area (Å²) in [6.45, 7) is 0. The van der Waals surface area contributed by atoms with E-state index < -0.39 is 5.97 Å². The van der Waals surface area contributed by atoms with E-state index in [2.05, 4.69) is 10.2 Å². The van der Waals surface area contributed by atoms with Crippen LogP contribution in [0.25, 0.3) is 11.5 Å². The highest BCUT2D eigenvalue weighted by Crippen LogP contribution is 2.22. The fraction of sp³-hybridized carbons (Fsp3) is 0.400. The van der Waals surface area contributed by atoms with Gasteiger partial charge in [0.15, 0.2) is 0 Å². The number of ether oxygens (including phenoxy) is 1. The van der Waals surface area contributed by atoms with Crippen LogP contribution in [0.5, 0.6) is 0 Å². The molecule has 1 heterocycles. The molecule has 5 heteroatoms. The van der Waals surface area contributed by atoms with Gasteiger partial charge in [-0.05, 0) is 37.8 Å². The minimum Gasteiger partial charge on any atom is -0.455 e. The Morgan fingerprint density at radius 3 is 2.60 bits per heavy atom. The van der Waals surface area contributed by atoms with E-state index in [9.17, 15) is 4.79 Å². The van der Waals surface area contributed by atoms with E-state index in [1.165, 1.54) is 6.42 Å². The van der Waals surface area contributed by atoms with E-state index in [1.54, 1.807) is 0 Å². The van der Waals surface area contributed by atoms with E-state index in [0.717, 1.165) is 31.2 Å². The highest BCUT2D eigenvalue weighted by Gasteiger charge is 2.23. The lowest BCUT2D eigenvalue weighted by Crippen LogP contribution is -2.21. The third-order valence-electron chi connectivity index (χ3n) is 3.45. The summed E-state index contributed by atoms with van der Waals surface area (Å²) in [6, 6.07) is 9.35. The van der Waals surface area contributed by atoms with Crippen LogP contribution in [0.1, 0.15) is 42.8 Å². The topological polar surface area (TPSA) is 65.2 Å². The Morgan fingerprint density at radius 2 is 1.85 bits per heavy atom. The second-order valence-corrected chi connectivity index (χ2v) is 4.94. The van der Waals surface area contributed by atoms with Gasteiger partial charge in [0, 0.05) is 5.56 Å². The van der Waals surface area contributed by atoms with Crippen molar-refractivity contribution < 1.29 is 13.9 Å². The molecule has 0 bridgehead atoms. The molecule has 0 spiro atoms. The average molecular weight is 272 g/mol. The molecule has 1 aromatic heterocycles. The Labute approximate surface area is 117 Å². The fourth-order valence-corrected chi connectivity index (χ4v) is 2.39. The lowest BCUT2D eigenvalue weighted by molar-refractivity contribution is 0.0169. The number of rotatable bonds is 3. The van der Waals surface area contributed by atoms with Crippen LogP contribution in [0.3, 0.4) is 0 Å². The lowest BCUT2D eigenvalue weighted by Gasteiger charge is -2.20. The summed E-state index contributed by atoms with van der Waals surface area (Å²) in [6.07, 6.45) is 5.26. The average Bonchev–Trinajstić information content (AvgIpc) is 2.99. The highest BCUT2D eigenvalue weighted by molar-refractivity contribution is 5.84. The van der Waals surface area contributed by atoms with Crippen molar-refractivity contribution in [3.05, 3.63) is 36.2 Å². The molecule has 20 heavy (non-hydrogen) atoms. The number of benzene rings is 1. The van der Waals surface area contributed by atoms with Crippen LogP contribution in [0.2, 0.25) is 0 Å². The SMILES string of the molecule is O=C(OC1CCCCC1)c1nnc(-c2ccccc2)o1. The van der Waals surface area contributed by atoms with Crippen molar-refractivity contribution in [2.45, 2.75) is 38.2 Å². The first-order chi connectivity index (χ1) is 9.83. The second-order valence-electron chi connectivity index (χ2n) is 4.94. The third kappa shape index (κ3) is 2.87. The van der Waals surface area contributed by atoms with Crippen LogP contribution < -0.4 is 0 Å². The summed E-state index contributed by atoms with van der Waals surface area (Å²) < 4.78 is 10.8. The van der Waals surface area contributed by atoms with Gasteiger partial charge in [0.1, 0.15) is 6.10 Å². The van der Waals surface area contributed by atoms with Crippen molar-refractivity contribution in [1.82, 2.24) is 10.2 Å². The van der Waals surface area contributed by atoms with E-state index in [1.807, 2.05) is 30.3 Å². The van der Waals surface area contributed by atoms with Gasteiger partial charge in [0.2, 0.25) is 5.89 Å². The van der Waals surface area contributed by atoms with E-state index in [4.69, 9.17) is 9.15 Å². The van der Waals surface area contributed by atoms with Gasteiger partial charge in [0.25, 0.3) is 0 Å². The van der Waals surface area contributed by atoms with E-state index in [-0.39, 0.29) is 12.0 Å². The zero-order valence-corrected chi connectivity index (χ0v) is 11.1. The molecule has 0 aliphatic heterocycles. The summed E-state index contributed by atoms with van der Waals surface area (Å²) >= 11 is 0. The molecule has 1 aliphatic rings. The van der Waals surface area contributed by atoms with E-state index >= 15 is 0 Å². The molecule has 5 nitrogen and oxygen atoms in total. The summed E-state index contributed by atoms with van der Waals surface area (Å²) in [5.41, 5.74) is 0.789. The van der Waals surface area contributed by atoms with Crippen LogP contribution in [0, 0.1) is 0 Å². The molecule has 1 saturated carbocycles. The normalized spacial score (nSPS) is 16.0. The Morgan fingerprint density at radius 1 is 1.10 bits per heavy atom. The maximum absolute atomic E-state index is 11.9. The number of nitrogens with zero attached hydrogens (tertiary/aromatic N) is 2. The predicted molar refractivity (Wildman–Crippen MR) is 72.0 cm³/mol. The van der Waals surface area contributed by atoms with Crippen molar-refractivity contribution in [1.29, 1.82) is 0 Å². The molecule has 0 unspecified atom stereocenters. The predicted octanol–water partition coefficient (Wildman–Crippen LogP) is 3.23. The van der Waals surface area contributed by atoms with Crippen molar-refractivity contribution >= 4 is 5.97 Å². The van der Waals surface area contributed by atoms with Crippen LogP contribution in [-0.2, 0) is 4.74 Å². The molecular formula is C15H16N2O3. The molecule has 0 atom stereocenters. The van der Waals surface area contributed by atoms with Gasteiger partial charge in [0.05, 0.1) is 0 Å². The Kier molecular flexibility index (Phi) is 3.76. The smallest absolute Gasteiger partial charge is 0.396 e. The molecule has 2 aromatic rings. The molecule has 1 aliphatic carbocycles. The van der Waals surface area contributed by atoms with Gasteiger partial charge < -0.3 is 9.15 Å². The van der Waals surface area contributed by atoms with Gasteiger partial charge in [-0.2, -0.15) is 0 Å². The Balaban J connectivity index is 1.68. The lowest BCUT2D eigenvalue weighted by atomic mass is 9.98. The zero-order chi connectivity index (χ0) is 13.8. The third-order valence-corrected chi connectivity index (χ3v) is 3.45. The Bertz CT molecular complexity index is 574. The second kappa shape index (κ2) is 5.86. The summed E-state index contributed by atoms with van der Waals surface area (Å²) in [5.74, 6) is -0.262. The number of hydrogen-bond donors (Lipinski definition) is 0. The monoisotopic (exact) mass is 272 g/mol. The molecule has 1 aromatic carbocycles. The molecule has 0 amide bonds. The van der Waals surface area contributed by atoms with Crippen molar-refractivity contribution in [2.75, 3.05) is 0 Å². The van der Waals surface area contributed by atoms with E-state index in [0.29, 0.717) is 5.89 Å². The molecule has 1 fully saturated rings. The van der Waals surface area contributed by atoms with Crippen molar-refractivity contribution in [2.24, 2.45) is 0 Å². The molecule has 3 rings (SSSR count). The first-order valence-corrected chi connectivity index (χ1v) is 6.93. The van der Waals surface area contributed by atoms with Gasteiger partial charge in [-0.25, -0.2) is 4.79 Å². The van der Waals surface area contributed by atoms with Crippen LogP contribution in [-0.4, -0.2) is 22.3 Å². The van der Waals surface area contributed by atoms with Gasteiger partial charge >= 0.3 is 11.9 Å². The molecule has 0 N–H and O–H groups in total. The maximum Gasteiger partial charge on any atom is 0.396 e. The molecular weight excluding hydrogens is 256 g/mol. The number of aromatic nitrogens is 2.